The van der Waals surface area contributed by atoms with Crippen LogP contribution in [-0.2, 0) is 4.79 Å². The third-order valence-electron chi connectivity index (χ3n) is 1.93. The normalized spacial score (nSPS) is 31.6. The quantitative estimate of drug-likeness (QED) is 0.479. The van der Waals surface area contributed by atoms with Crippen molar-refractivity contribution in [2.24, 2.45) is 0 Å². The van der Waals surface area contributed by atoms with E-state index in [1.54, 1.807) is 0 Å². The molecule has 2 N–H and O–H groups in total. The van der Waals surface area contributed by atoms with E-state index in [-0.39, 0.29) is 25.3 Å². The van der Waals surface area contributed by atoms with Gasteiger partial charge < -0.3 is 15.1 Å². The number of hydrogen-bond donors (Lipinski definition) is 2. The van der Waals surface area contributed by atoms with Gasteiger partial charge in [0.25, 0.3) is 0 Å². The van der Waals surface area contributed by atoms with Crippen LogP contribution in [0.4, 0.5) is 0 Å². The van der Waals surface area contributed by atoms with E-state index in [1.807, 2.05) is 0 Å². The van der Waals surface area contributed by atoms with Crippen molar-refractivity contribution < 1.29 is 15.0 Å². The molecular formula is C6H11NO3. The molecule has 0 aliphatic carbocycles. The molecule has 0 aromatic rings. The van der Waals surface area contributed by atoms with Crippen molar-refractivity contribution in [2.75, 3.05) is 13.2 Å². The molecule has 0 spiro atoms. The maximum atomic E-state index is 10.2. The molecule has 58 valence electrons. The lowest BCUT2D eigenvalue weighted by Gasteiger charge is -2.44. The van der Waals surface area contributed by atoms with E-state index in [4.69, 9.17) is 10.2 Å². The molecule has 0 aromatic heterocycles. The minimum atomic E-state index is -0.0605. The first-order valence-corrected chi connectivity index (χ1v) is 3.28. The lowest BCUT2D eigenvalue weighted by atomic mass is 9.95. The molecule has 0 radical (unpaired) electrons. The minimum absolute atomic E-state index is 0.00472. The summed E-state index contributed by atoms with van der Waals surface area (Å²) >= 11 is 0. The Kier molecular flexibility index (Phi) is 2.24. The zero-order valence-corrected chi connectivity index (χ0v) is 5.60. The molecule has 1 amide bonds. The molecule has 1 fully saturated rings. The summed E-state index contributed by atoms with van der Waals surface area (Å²) in [6.07, 6.45) is 1.39. The zero-order chi connectivity index (χ0) is 7.56. The van der Waals surface area contributed by atoms with E-state index in [0.29, 0.717) is 12.8 Å². The van der Waals surface area contributed by atoms with Crippen molar-refractivity contribution in [3.63, 3.8) is 0 Å². The van der Waals surface area contributed by atoms with Crippen molar-refractivity contribution in [3.8, 4) is 0 Å². The van der Waals surface area contributed by atoms with Crippen LogP contribution in [0, 0.1) is 0 Å². The zero-order valence-electron chi connectivity index (χ0n) is 5.60. The fourth-order valence-electron chi connectivity index (χ4n) is 1.23. The summed E-state index contributed by atoms with van der Waals surface area (Å²) in [4.78, 5) is 11.7. The van der Waals surface area contributed by atoms with Crippen molar-refractivity contribution in [2.45, 2.75) is 18.5 Å². The van der Waals surface area contributed by atoms with Crippen LogP contribution in [0.5, 0.6) is 0 Å². The molecule has 0 aromatic carbocycles. The highest BCUT2D eigenvalue weighted by atomic mass is 16.3. The highest BCUT2D eigenvalue weighted by Gasteiger charge is 2.35. The number of likely N-dealkylation sites (tertiary alicyclic amines) is 1. The van der Waals surface area contributed by atoms with Crippen LogP contribution >= 0.6 is 0 Å². The Morgan fingerprint density at radius 2 is 1.90 bits per heavy atom. The van der Waals surface area contributed by atoms with Gasteiger partial charge in [-0.15, -0.1) is 0 Å². The lowest BCUT2D eigenvalue weighted by molar-refractivity contribution is -0.135. The first kappa shape index (κ1) is 7.50. The number of hydrogen-bond acceptors (Lipinski definition) is 3. The molecule has 2 atom stereocenters. The van der Waals surface area contributed by atoms with E-state index in [0.717, 1.165) is 0 Å². The molecule has 1 saturated heterocycles. The van der Waals surface area contributed by atoms with Gasteiger partial charge in [-0.05, 0) is 6.42 Å². The van der Waals surface area contributed by atoms with Crippen molar-refractivity contribution in [1.82, 2.24) is 4.90 Å². The second-order valence-corrected chi connectivity index (χ2v) is 2.46. The van der Waals surface area contributed by atoms with E-state index in [2.05, 4.69) is 0 Å². The summed E-state index contributed by atoms with van der Waals surface area (Å²) in [7, 11) is 0. The molecule has 0 bridgehead atoms. The Labute approximate surface area is 59.1 Å². The van der Waals surface area contributed by atoms with E-state index in [1.165, 1.54) is 4.90 Å². The van der Waals surface area contributed by atoms with E-state index < -0.39 is 0 Å². The summed E-state index contributed by atoms with van der Waals surface area (Å²) in [5.41, 5.74) is 0. The number of aliphatic hydroxyl groups is 2. The van der Waals surface area contributed by atoms with Gasteiger partial charge in [-0.25, -0.2) is 0 Å². The van der Waals surface area contributed by atoms with Crippen molar-refractivity contribution in [1.29, 1.82) is 0 Å². The lowest BCUT2D eigenvalue weighted by Crippen LogP contribution is -2.58. The van der Waals surface area contributed by atoms with Crippen molar-refractivity contribution >= 4 is 6.41 Å². The Balaban J connectivity index is 2.37. The van der Waals surface area contributed by atoms with Gasteiger partial charge in [-0.3, -0.25) is 4.79 Å². The SMILES string of the molecule is O=CN1C(CO)CC1CO. The molecule has 2 unspecified atom stereocenters. The number of carbonyl (C=O) groups is 1. The second kappa shape index (κ2) is 2.98. The minimum Gasteiger partial charge on any atom is -0.394 e. The fraction of sp³-hybridized carbons (Fsp3) is 0.833. The first-order chi connectivity index (χ1) is 4.83. The molecule has 4 heteroatoms. The number of amides is 1. The molecular weight excluding hydrogens is 134 g/mol. The third kappa shape index (κ3) is 0.998. The number of aliphatic hydroxyl groups excluding tert-OH is 2. The van der Waals surface area contributed by atoms with Gasteiger partial charge in [0.05, 0.1) is 25.3 Å². The Morgan fingerprint density at radius 1 is 1.40 bits per heavy atom. The van der Waals surface area contributed by atoms with Crippen LogP contribution < -0.4 is 0 Å². The molecule has 0 saturated carbocycles. The second-order valence-electron chi connectivity index (χ2n) is 2.46. The summed E-state index contributed by atoms with van der Waals surface area (Å²) in [5.74, 6) is 0. The largest absolute Gasteiger partial charge is 0.394 e. The van der Waals surface area contributed by atoms with Crippen LogP contribution in [0.25, 0.3) is 0 Å². The maximum absolute atomic E-state index is 10.2. The summed E-state index contributed by atoms with van der Waals surface area (Å²) in [6, 6.07) is -0.121. The average Bonchev–Trinajstić information content (AvgIpc) is 1.89. The molecule has 4 nitrogen and oxygen atoms in total. The van der Waals surface area contributed by atoms with Crippen LogP contribution in [0.3, 0.4) is 0 Å². The van der Waals surface area contributed by atoms with Gasteiger partial charge in [-0.2, -0.15) is 0 Å². The van der Waals surface area contributed by atoms with Crippen LogP contribution in [-0.4, -0.2) is 46.8 Å². The van der Waals surface area contributed by atoms with Gasteiger partial charge in [0.15, 0.2) is 0 Å². The number of carbonyl (C=O) groups excluding carboxylic acids is 1. The summed E-state index contributed by atoms with van der Waals surface area (Å²) in [5, 5.41) is 17.2. The number of nitrogens with zero attached hydrogens (tertiary/aromatic N) is 1. The van der Waals surface area contributed by atoms with Crippen molar-refractivity contribution in [3.05, 3.63) is 0 Å². The Hall–Kier alpha value is -0.610. The number of rotatable bonds is 3. The molecule has 1 aliphatic heterocycles. The van der Waals surface area contributed by atoms with Gasteiger partial charge in [0.1, 0.15) is 0 Å². The monoisotopic (exact) mass is 145 g/mol. The van der Waals surface area contributed by atoms with Crippen LogP contribution in [0.1, 0.15) is 6.42 Å². The van der Waals surface area contributed by atoms with E-state index >= 15 is 0 Å². The highest BCUT2D eigenvalue weighted by Crippen LogP contribution is 2.22. The third-order valence-corrected chi connectivity index (χ3v) is 1.93. The van der Waals surface area contributed by atoms with Gasteiger partial charge >= 0.3 is 0 Å². The maximum Gasteiger partial charge on any atom is 0.210 e. The molecule has 1 rings (SSSR count). The van der Waals surface area contributed by atoms with Crippen LogP contribution in [0.2, 0.25) is 0 Å². The topological polar surface area (TPSA) is 60.8 Å². The van der Waals surface area contributed by atoms with Gasteiger partial charge in [-0.1, -0.05) is 0 Å². The Bertz CT molecular complexity index is 118. The van der Waals surface area contributed by atoms with Gasteiger partial charge in [0, 0.05) is 0 Å². The summed E-state index contributed by atoms with van der Waals surface area (Å²) < 4.78 is 0. The molecule has 1 heterocycles. The Morgan fingerprint density at radius 3 is 2.20 bits per heavy atom. The van der Waals surface area contributed by atoms with E-state index in [9.17, 15) is 4.79 Å². The summed E-state index contributed by atoms with van der Waals surface area (Å²) in [6.45, 7) is -0.00944. The predicted molar refractivity (Wildman–Crippen MR) is 34.3 cm³/mol. The first-order valence-electron chi connectivity index (χ1n) is 3.28. The highest BCUT2D eigenvalue weighted by molar-refractivity contribution is 5.50. The molecule has 10 heavy (non-hydrogen) atoms. The van der Waals surface area contributed by atoms with Gasteiger partial charge in [0.2, 0.25) is 6.41 Å². The van der Waals surface area contributed by atoms with Crippen LogP contribution in [0.15, 0.2) is 0 Å². The average molecular weight is 145 g/mol. The fourth-order valence-corrected chi connectivity index (χ4v) is 1.23. The predicted octanol–water partition coefficient (Wildman–Crippen LogP) is -1.43. The molecule has 1 aliphatic rings. The standard InChI is InChI=1S/C6H11NO3/c8-2-5-1-6(3-9)7(5)4-10/h4-6,8-9H,1-3H2. The smallest absolute Gasteiger partial charge is 0.210 e.